The van der Waals surface area contributed by atoms with Gasteiger partial charge < -0.3 is 19.4 Å². The number of nitro benzene ring substituents is 1. The Kier molecular flexibility index (Phi) is 6.33. The largest absolute Gasteiger partial charge is 0.450 e. The van der Waals surface area contributed by atoms with E-state index >= 15 is 0 Å². The third-order valence-corrected chi connectivity index (χ3v) is 5.21. The van der Waals surface area contributed by atoms with Gasteiger partial charge in [-0.05, 0) is 38.3 Å². The second-order valence-electron chi connectivity index (χ2n) is 6.99. The number of hydrogen-bond donors (Lipinski definition) is 0. The van der Waals surface area contributed by atoms with Crippen molar-refractivity contribution in [1.82, 2.24) is 9.80 Å². The summed E-state index contributed by atoms with van der Waals surface area (Å²) in [4.78, 5) is 41.0. The van der Waals surface area contributed by atoms with E-state index in [9.17, 15) is 19.7 Å². The first-order valence-corrected chi connectivity index (χ1v) is 9.75. The third-order valence-electron chi connectivity index (χ3n) is 5.21. The van der Waals surface area contributed by atoms with Crippen molar-refractivity contribution in [3.05, 3.63) is 33.9 Å². The first kappa shape index (κ1) is 19.9. The Morgan fingerprint density at radius 3 is 2.29 bits per heavy atom. The van der Waals surface area contributed by atoms with Crippen molar-refractivity contribution in [3.63, 3.8) is 0 Å². The molecule has 28 heavy (non-hydrogen) atoms. The van der Waals surface area contributed by atoms with E-state index in [-0.39, 0.29) is 17.7 Å². The van der Waals surface area contributed by atoms with Crippen molar-refractivity contribution in [2.24, 2.45) is 0 Å². The van der Waals surface area contributed by atoms with Gasteiger partial charge in [0.1, 0.15) is 5.69 Å². The van der Waals surface area contributed by atoms with Gasteiger partial charge in [0.2, 0.25) is 0 Å². The van der Waals surface area contributed by atoms with Crippen LogP contribution in [0.5, 0.6) is 0 Å². The topological polar surface area (TPSA) is 96.2 Å². The van der Waals surface area contributed by atoms with Crippen molar-refractivity contribution in [2.75, 3.05) is 50.8 Å². The van der Waals surface area contributed by atoms with Crippen LogP contribution >= 0.6 is 0 Å². The number of nitrogens with zero attached hydrogens (tertiary/aromatic N) is 4. The SMILES string of the molecule is CCOC(=O)N1CCN(C(=O)c2ccc(N3CCCCC3)c([N+](=O)[O-])c2)CC1. The maximum Gasteiger partial charge on any atom is 0.409 e. The lowest BCUT2D eigenvalue weighted by molar-refractivity contribution is -0.384. The highest BCUT2D eigenvalue weighted by molar-refractivity contribution is 5.96. The number of piperazine rings is 1. The molecule has 1 aromatic carbocycles. The van der Waals surface area contributed by atoms with Crippen LogP contribution in [0.3, 0.4) is 0 Å². The minimum atomic E-state index is -0.417. The number of nitro groups is 1. The summed E-state index contributed by atoms with van der Waals surface area (Å²) >= 11 is 0. The summed E-state index contributed by atoms with van der Waals surface area (Å²) in [6.45, 7) is 5.17. The molecule has 2 saturated heterocycles. The highest BCUT2D eigenvalue weighted by Crippen LogP contribution is 2.31. The van der Waals surface area contributed by atoms with Gasteiger partial charge in [0, 0.05) is 50.9 Å². The molecule has 0 unspecified atom stereocenters. The Morgan fingerprint density at radius 2 is 1.68 bits per heavy atom. The number of hydrogen-bond acceptors (Lipinski definition) is 6. The monoisotopic (exact) mass is 390 g/mol. The van der Waals surface area contributed by atoms with E-state index in [1.165, 1.54) is 6.07 Å². The van der Waals surface area contributed by atoms with E-state index in [0.29, 0.717) is 44.0 Å². The molecule has 1 aromatic rings. The predicted octanol–water partition coefficient (Wildman–Crippen LogP) is 2.50. The fourth-order valence-electron chi connectivity index (χ4n) is 3.69. The molecule has 2 fully saturated rings. The summed E-state index contributed by atoms with van der Waals surface area (Å²) in [5, 5.41) is 11.6. The predicted molar refractivity (Wildman–Crippen MR) is 104 cm³/mol. The van der Waals surface area contributed by atoms with Gasteiger partial charge in [-0.2, -0.15) is 0 Å². The molecule has 0 aromatic heterocycles. The lowest BCUT2D eigenvalue weighted by Gasteiger charge is -2.34. The maximum absolute atomic E-state index is 12.8. The summed E-state index contributed by atoms with van der Waals surface area (Å²) < 4.78 is 4.98. The van der Waals surface area contributed by atoms with E-state index in [1.807, 2.05) is 4.90 Å². The molecule has 9 nitrogen and oxygen atoms in total. The zero-order chi connectivity index (χ0) is 20.1. The fourth-order valence-corrected chi connectivity index (χ4v) is 3.69. The minimum Gasteiger partial charge on any atom is -0.450 e. The van der Waals surface area contributed by atoms with Crippen LogP contribution in [-0.4, -0.2) is 72.6 Å². The summed E-state index contributed by atoms with van der Waals surface area (Å²) in [6, 6.07) is 4.73. The number of anilines is 1. The van der Waals surface area contributed by atoms with Gasteiger partial charge in [-0.15, -0.1) is 0 Å². The summed E-state index contributed by atoms with van der Waals surface area (Å²) in [5.74, 6) is -0.253. The first-order valence-electron chi connectivity index (χ1n) is 9.75. The molecule has 0 atom stereocenters. The van der Waals surface area contributed by atoms with Gasteiger partial charge in [0.05, 0.1) is 11.5 Å². The lowest BCUT2D eigenvalue weighted by atomic mass is 10.1. The van der Waals surface area contributed by atoms with Crippen LogP contribution in [0.1, 0.15) is 36.5 Å². The van der Waals surface area contributed by atoms with Crippen LogP contribution in [0.4, 0.5) is 16.2 Å². The highest BCUT2D eigenvalue weighted by atomic mass is 16.6. The van der Waals surface area contributed by atoms with Gasteiger partial charge in [-0.25, -0.2) is 4.79 Å². The van der Waals surface area contributed by atoms with Gasteiger partial charge >= 0.3 is 6.09 Å². The molecule has 0 saturated carbocycles. The second kappa shape index (κ2) is 8.90. The van der Waals surface area contributed by atoms with E-state index in [2.05, 4.69) is 0 Å². The molecule has 0 N–H and O–H groups in total. The van der Waals surface area contributed by atoms with Crippen molar-refractivity contribution in [1.29, 1.82) is 0 Å². The van der Waals surface area contributed by atoms with Crippen LogP contribution < -0.4 is 4.90 Å². The Bertz CT molecular complexity index is 740. The molecule has 0 aliphatic carbocycles. The van der Waals surface area contributed by atoms with Crippen LogP contribution in [0, 0.1) is 10.1 Å². The molecule has 0 bridgehead atoms. The smallest absolute Gasteiger partial charge is 0.409 e. The Labute approximate surface area is 164 Å². The standard InChI is InChI=1S/C19H26N4O5/c1-2-28-19(25)22-12-10-21(11-13-22)18(24)15-6-7-16(17(14-15)23(26)27)20-8-4-3-5-9-20/h6-7,14H,2-5,8-13H2,1H3. The van der Waals surface area contributed by atoms with Gasteiger partial charge in [0.15, 0.2) is 0 Å². The van der Waals surface area contributed by atoms with Gasteiger partial charge in [-0.3, -0.25) is 14.9 Å². The van der Waals surface area contributed by atoms with Gasteiger partial charge in [0.25, 0.3) is 11.6 Å². The number of amides is 2. The van der Waals surface area contributed by atoms with Crippen molar-refractivity contribution >= 4 is 23.4 Å². The van der Waals surface area contributed by atoms with E-state index < -0.39 is 4.92 Å². The zero-order valence-electron chi connectivity index (χ0n) is 16.1. The molecular formula is C19H26N4O5. The van der Waals surface area contributed by atoms with Crippen LogP contribution in [0.25, 0.3) is 0 Å². The lowest BCUT2D eigenvalue weighted by Crippen LogP contribution is -2.50. The van der Waals surface area contributed by atoms with E-state index in [4.69, 9.17) is 4.74 Å². The minimum absolute atomic E-state index is 0.0297. The average Bonchev–Trinajstić information content (AvgIpc) is 2.73. The molecule has 152 valence electrons. The molecule has 0 spiro atoms. The zero-order valence-corrected chi connectivity index (χ0v) is 16.1. The highest BCUT2D eigenvalue weighted by Gasteiger charge is 2.28. The molecule has 2 aliphatic rings. The van der Waals surface area contributed by atoms with Crippen molar-refractivity contribution < 1.29 is 19.2 Å². The Morgan fingerprint density at radius 1 is 1.04 bits per heavy atom. The summed E-state index contributed by atoms with van der Waals surface area (Å²) in [6.07, 6.45) is 2.79. The molecule has 2 heterocycles. The Hall–Kier alpha value is -2.84. The summed E-state index contributed by atoms with van der Waals surface area (Å²) in [5.41, 5.74) is 0.850. The van der Waals surface area contributed by atoms with Crippen molar-refractivity contribution in [2.45, 2.75) is 26.2 Å². The molecule has 0 radical (unpaired) electrons. The maximum atomic E-state index is 12.8. The number of piperidine rings is 1. The molecule has 2 aliphatic heterocycles. The van der Waals surface area contributed by atoms with E-state index in [1.54, 1.807) is 28.9 Å². The molecular weight excluding hydrogens is 364 g/mol. The van der Waals surface area contributed by atoms with Crippen LogP contribution in [-0.2, 0) is 4.74 Å². The third kappa shape index (κ3) is 4.35. The number of carbonyl (C=O) groups excluding carboxylic acids is 2. The normalized spacial score (nSPS) is 17.4. The van der Waals surface area contributed by atoms with E-state index in [0.717, 1.165) is 32.4 Å². The molecule has 3 rings (SSSR count). The van der Waals surface area contributed by atoms with Crippen molar-refractivity contribution in [3.8, 4) is 0 Å². The first-order chi connectivity index (χ1) is 13.5. The van der Waals surface area contributed by atoms with Crippen LogP contribution in [0.2, 0.25) is 0 Å². The number of carbonyl (C=O) groups is 2. The van der Waals surface area contributed by atoms with Gasteiger partial charge in [-0.1, -0.05) is 0 Å². The average molecular weight is 390 g/mol. The summed E-state index contributed by atoms with van der Waals surface area (Å²) in [7, 11) is 0. The number of benzene rings is 1. The quantitative estimate of drug-likeness (QED) is 0.579. The second-order valence-corrected chi connectivity index (χ2v) is 6.99. The fraction of sp³-hybridized carbons (Fsp3) is 0.579. The molecule has 9 heteroatoms. The molecule has 2 amide bonds. The van der Waals surface area contributed by atoms with Crippen LogP contribution in [0.15, 0.2) is 18.2 Å². The number of rotatable bonds is 4. The Balaban J connectivity index is 1.71. The number of ether oxygens (including phenoxy) is 1.